The Morgan fingerprint density at radius 3 is 2.55 bits per heavy atom. The zero-order valence-electron chi connectivity index (χ0n) is 17.5. The molecule has 0 N–H and O–H groups in total. The number of carbonyl (C=O) groups is 1. The van der Waals surface area contributed by atoms with Crippen molar-refractivity contribution in [3.63, 3.8) is 0 Å². The molecule has 0 bridgehead atoms. The number of hydrogen-bond donors (Lipinski definition) is 0. The van der Waals surface area contributed by atoms with Crippen molar-refractivity contribution >= 4 is 29.1 Å². The van der Waals surface area contributed by atoms with Crippen LogP contribution < -0.4 is 14.2 Å². The Kier molecular flexibility index (Phi) is 5.93. The van der Waals surface area contributed by atoms with Crippen LogP contribution in [0.4, 0.5) is 0 Å². The van der Waals surface area contributed by atoms with Crippen LogP contribution in [0.1, 0.15) is 10.4 Å². The smallest absolute Gasteiger partial charge is 0.231 e. The van der Waals surface area contributed by atoms with Gasteiger partial charge in [0.25, 0.3) is 0 Å². The molecule has 0 saturated heterocycles. The van der Waals surface area contributed by atoms with Crippen LogP contribution in [0.15, 0.2) is 71.9 Å². The van der Waals surface area contributed by atoms with E-state index in [0.29, 0.717) is 33.1 Å². The molecule has 9 heteroatoms. The largest absolute Gasteiger partial charge is 0.497 e. The summed E-state index contributed by atoms with van der Waals surface area (Å²) in [5.74, 6) is 2.90. The summed E-state index contributed by atoms with van der Waals surface area (Å²) in [6, 6.07) is 20.1. The molecule has 0 radical (unpaired) electrons. The lowest BCUT2D eigenvalue weighted by atomic mass is 10.1. The fraction of sp³-hybridized carbons (Fsp3) is 0.125. The highest BCUT2D eigenvalue weighted by Gasteiger charge is 2.21. The predicted molar refractivity (Wildman–Crippen MR) is 126 cm³/mol. The fourth-order valence-corrected chi connectivity index (χ4v) is 4.37. The van der Waals surface area contributed by atoms with Crippen LogP contribution in [0.25, 0.3) is 17.1 Å². The Morgan fingerprint density at radius 2 is 1.79 bits per heavy atom. The molecule has 0 atom stereocenters. The molecule has 0 spiro atoms. The highest BCUT2D eigenvalue weighted by Crippen LogP contribution is 2.37. The van der Waals surface area contributed by atoms with Crippen LogP contribution in [0.2, 0.25) is 5.02 Å². The number of fused-ring (bicyclic) bond motifs is 1. The first-order valence-corrected chi connectivity index (χ1v) is 11.4. The summed E-state index contributed by atoms with van der Waals surface area (Å²) in [4.78, 5) is 12.7. The van der Waals surface area contributed by atoms with E-state index in [1.807, 2.05) is 47.0 Å². The summed E-state index contributed by atoms with van der Waals surface area (Å²) < 4.78 is 18.1. The maximum atomic E-state index is 12.7. The highest BCUT2D eigenvalue weighted by molar-refractivity contribution is 7.99. The van der Waals surface area contributed by atoms with Crippen LogP contribution in [0.5, 0.6) is 17.2 Å². The Bertz CT molecular complexity index is 1310. The summed E-state index contributed by atoms with van der Waals surface area (Å²) in [7, 11) is 1.62. The molecule has 166 valence electrons. The molecule has 1 aromatic heterocycles. The lowest BCUT2D eigenvalue weighted by molar-refractivity contribution is 0.102. The number of rotatable bonds is 7. The van der Waals surface area contributed by atoms with Crippen molar-refractivity contribution in [2.75, 3.05) is 19.7 Å². The van der Waals surface area contributed by atoms with Gasteiger partial charge >= 0.3 is 0 Å². The van der Waals surface area contributed by atoms with E-state index in [2.05, 4.69) is 10.2 Å². The van der Waals surface area contributed by atoms with Crippen molar-refractivity contribution in [1.29, 1.82) is 0 Å². The molecular weight excluding hydrogens is 462 g/mol. The van der Waals surface area contributed by atoms with Gasteiger partial charge in [-0.1, -0.05) is 23.4 Å². The van der Waals surface area contributed by atoms with Gasteiger partial charge < -0.3 is 14.2 Å². The monoisotopic (exact) mass is 479 g/mol. The average molecular weight is 480 g/mol. The number of ketones is 1. The van der Waals surface area contributed by atoms with Crippen molar-refractivity contribution < 1.29 is 19.0 Å². The van der Waals surface area contributed by atoms with Gasteiger partial charge in [-0.15, -0.1) is 10.2 Å². The fourth-order valence-electron chi connectivity index (χ4n) is 3.40. The van der Waals surface area contributed by atoms with Crippen LogP contribution in [-0.2, 0) is 0 Å². The molecule has 4 aromatic rings. The molecular formula is C24H18ClN3O4S. The number of nitrogens with zero attached hydrogens (tertiary/aromatic N) is 3. The van der Waals surface area contributed by atoms with Crippen LogP contribution in [0.3, 0.4) is 0 Å². The van der Waals surface area contributed by atoms with Crippen LogP contribution in [0, 0.1) is 0 Å². The zero-order valence-corrected chi connectivity index (χ0v) is 19.1. The minimum Gasteiger partial charge on any atom is -0.497 e. The summed E-state index contributed by atoms with van der Waals surface area (Å²) in [5.41, 5.74) is 2.26. The molecule has 0 fully saturated rings. The molecule has 5 rings (SSSR count). The topological polar surface area (TPSA) is 75.5 Å². The number of benzene rings is 3. The number of methoxy groups -OCH3 is 1. The second-order valence-electron chi connectivity index (χ2n) is 7.13. The molecule has 0 unspecified atom stereocenters. The second kappa shape index (κ2) is 9.17. The summed E-state index contributed by atoms with van der Waals surface area (Å²) in [6.45, 7) is 0.192. The van der Waals surface area contributed by atoms with Gasteiger partial charge in [0.15, 0.2) is 28.3 Å². The van der Waals surface area contributed by atoms with Crippen molar-refractivity contribution in [1.82, 2.24) is 14.8 Å². The van der Waals surface area contributed by atoms with Gasteiger partial charge in [-0.05, 0) is 66.7 Å². The van der Waals surface area contributed by atoms with Crippen LogP contribution in [-0.4, -0.2) is 40.2 Å². The van der Waals surface area contributed by atoms with Gasteiger partial charge in [0.1, 0.15) is 5.75 Å². The van der Waals surface area contributed by atoms with Gasteiger partial charge in [0, 0.05) is 21.8 Å². The number of thioether (sulfide) groups is 1. The third-order valence-corrected chi connectivity index (χ3v) is 6.27. The molecule has 7 nitrogen and oxygen atoms in total. The Balaban J connectivity index is 1.49. The standard InChI is InChI=1S/C24H18ClN3O4S/c1-30-19-9-7-18(8-10-19)28-23(16-4-11-21-22(12-16)32-14-31-21)26-27-24(28)33-13-20(29)15-2-5-17(25)6-3-15/h2-12H,13-14H2,1H3. The quantitative estimate of drug-likeness (QED) is 0.263. The third-order valence-electron chi connectivity index (χ3n) is 5.09. The normalized spacial score (nSPS) is 12.1. The van der Waals surface area contributed by atoms with E-state index in [1.165, 1.54) is 11.8 Å². The van der Waals surface area contributed by atoms with Crippen molar-refractivity contribution in [3.8, 4) is 34.3 Å². The van der Waals surface area contributed by atoms with E-state index in [1.54, 1.807) is 31.4 Å². The third kappa shape index (κ3) is 4.40. The van der Waals surface area contributed by atoms with Crippen molar-refractivity contribution in [2.24, 2.45) is 0 Å². The van der Waals surface area contributed by atoms with Gasteiger partial charge in [0.2, 0.25) is 6.79 Å². The summed E-state index contributed by atoms with van der Waals surface area (Å²) in [6.07, 6.45) is 0. The minimum atomic E-state index is -0.0226. The molecule has 0 amide bonds. The lowest BCUT2D eigenvalue weighted by Crippen LogP contribution is -2.05. The minimum absolute atomic E-state index is 0.0226. The number of halogens is 1. The zero-order chi connectivity index (χ0) is 22.8. The number of hydrogen-bond acceptors (Lipinski definition) is 7. The van der Waals surface area contributed by atoms with E-state index >= 15 is 0 Å². The Morgan fingerprint density at radius 1 is 1.03 bits per heavy atom. The summed E-state index contributed by atoms with van der Waals surface area (Å²) >= 11 is 7.25. The highest BCUT2D eigenvalue weighted by atomic mass is 35.5. The van der Waals surface area contributed by atoms with Crippen LogP contribution >= 0.6 is 23.4 Å². The number of aromatic nitrogens is 3. The summed E-state index contributed by atoms with van der Waals surface area (Å²) in [5, 5.41) is 10.00. The maximum absolute atomic E-state index is 12.7. The Hall–Kier alpha value is -3.49. The first kappa shape index (κ1) is 21.4. The molecule has 2 heterocycles. The molecule has 3 aromatic carbocycles. The number of Topliss-reactive ketones (excluding diaryl/α,β-unsaturated/α-hetero) is 1. The maximum Gasteiger partial charge on any atom is 0.231 e. The van der Waals surface area contributed by atoms with Gasteiger partial charge in [-0.3, -0.25) is 9.36 Å². The second-order valence-corrected chi connectivity index (χ2v) is 8.51. The van der Waals surface area contributed by atoms with Crippen molar-refractivity contribution in [2.45, 2.75) is 5.16 Å². The molecule has 1 aliphatic rings. The van der Waals surface area contributed by atoms with E-state index in [-0.39, 0.29) is 18.3 Å². The average Bonchev–Trinajstić information content (AvgIpc) is 3.49. The lowest BCUT2D eigenvalue weighted by Gasteiger charge is -2.11. The van der Waals surface area contributed by atoms with Gasteiger partial charge in [0.05, 0.1) is 12.9 Å². The SMILES string of the molecule is COc1ccc(-n2c(SCC(=O)c3ccc(Cl)cc3)nnc2-c2ccc3c(c2)OCO3)cc1. The van der Waals surface area contributed by atoms with Gasteiger partial charge in [-0.25, -0.2) is 0 Å². The van der Waals surface area contributed by atoms with Crippen molar-refractivity contribution in [3.05, 3.63) is 77.3 Å². The van der Waals surface area contributed by atoms with Gasteiger partial charge in [-0.2, -0.15) is 0 Å². The number of ether oxygens (including phenoxy) is 3. The van der Waals surface area contributed by atoms with E-state index in [9.17, 15) is 4.79 Å². The molecule has 0 saturated carbocycles. The first-order valence-electron chi connectivity index (χ1n) is 10.0. The molecule has 1 aliphatic heterocycles. The van der Waals surface area contributed by atoms with E-state index < -0.39 is 0 Å². The van der Waals surface area contributed by atoms with E-state index in [4.69, 9.17) is 25.8 Å². The molecule has 33 heavy (non-hydrogen) atoms. The number of carbonyl (C=O) groups excluding carboxylic acids is 1. The first-order chi connectivity index (χ1) is 16.1. The predicted octanol–water partition coefficient (Wildman–Crippen LogP) is 5.30. The Labute approximate surface area is 199 Å². The van der Waals surface area contributed by atoms with E-state index in [0.717, 1.165) is 17.0 Å². The molecule has 0 aliphatic carbocycles.